The highest BCUT2D eigenvalue weighted by Crippen LogP contribution is 2.36. The largest absolute Gasteiger partial charge is 0.393 e. The summed E-state index contributed by atoms with van der Waals surface area (Å²) < 4.78 is 2.05. The fraction of sp³-hybridized carbons (Fsp3) is 0.421. The summed E-state index contributed by atoms with van der Waals surface area (Å²) >= 11 is 0. The molecule has 1 aromatic heterocycles. The number of nitrogens with zero attached hydrogens (tertiary/aromatic N) is 2. The van der Waals surface area contributed by atoms with Gasteiger partial charge in [-0.3, -0.25) is 4.79 Å². The normalized spacial score (nSPS) is 26.5. The van der Waals surface area contributed by atoms with Gasteiger partial charge in [0, 0.05) is 30.2 Å². The molecular formula is C19H22N2O2. The third-order valence-electron chi connectivity index (χ3n) is 5.19. The summed E-state index contributed by atoms with van der Waals surface area (Å²) in [6, 6.07) is 12.7. The fourth-order valence-electron chi connectivity index (χ4n) is 4.11. The molecule has 1 amide bonds. The Kier molecular flexibility index (Phi) is 3.69. The van der Waals surface area contributed by atoms with Crippen LogP contribution in [0, 0.1) is 0 Å². The highest BCUT2D eigenvalue weighted by Gasteiger charge is 2.42. The van der Waals surface area contributed by atoms with Crippen molar-refractivity contribution in [2.24, 2.45) is 0 Å². The Bertz CT molecular complexity index is 664. The Morgan fingerprint density at radius 3 is 2.26 bits per heavy atom. The average molecular weight is 310 g/mol. The van der Waals surface area contributed by atoms with Gasteiger partial charge < -0.3 is 14.6 Å². The lowest BCUT2D eigenvalue weighted by molar-refractivity contribution is -0.136. The summed E-state index contributed by atoms with van der Waals surface area (Å²) in [6.45, 7) is 0. The zero-order chi connectivity index (χ0) is 15.8. The molecule has 2 aromatic rings. The van der Waals surface area contributed by atoms with Crippen LogP contribution in [0.4, 0.5) is 0 Å². The highest BCUT2D eigenvalue weighted by molar-refractivity contribution is 5.80. The maximum Gasteiger partial charge on any atom is 0.227 e. The van der Waals surface area contributed by atoms with Crippen molar-refractivity contribution in [2.75, 3.05) is 0 Å². The van der Waals surface area contributed by atoms with Crippen molar-refractivity contribution in [1.29, 1.82) is 0 Å². The van der Waals surface area contributed by atoms with E-state index >= 15 is 0 Å². The zero-order valence-corrected chi connectivity index (χ0v) is 13.1. The molecule has 2 atom stereocenters. The van der Waals surface area contributed by atoms with E-state index in [2.05, 4.69) is 16.7 Å². The third-order valence-corrected chi connectivity index (χ3v) is 5.19. The lowest BCUT2D eigenvalue weighted by Gasteiger charge is -2.37. The zero-order valence-electron chi connectivity index (χ0n) is 13.1. The second-order valence-corrected chi connectivity index (χ2v) is 6.74. The van der Waals surface area contributed by atoms with Gasteiger partial charge in [-0.25, -0.2) is 0 Å². The predicted molar refractivity (Wildman–Crippen MR) is 88.4 cm³/mol. The second kappa shape index (κ2) is 5.85. The second-order valence-electron chi connectivity index (χ2n) is 6.74. The number of hydrogen-bond donors (Lipinski definition) is 1. The van der Waals surface area contributed by atoms with Gasteiger partial charge in [-0.1, -0.05) is 12.1 Å². The molecule has 1 N–H and O–H groups in total. The first kappa shape index (κ1) is 14.5. The summed E-state index contributed by atoms with van der Waals surface area (Å²) in [5.41, 5.74) is 2.16. The molecule has 2 unspecified atom stereocenters. The third kappa shape index (κ3) is 2.79. The standard InChI is InChI=1S/C19H22N2O2/c22-18-12-16-7-8-17(13-18)21(16)19(23)11-14-3-5-15(6-4-14)20-9-1-2-10-20/h1-6,9-10,16-18,22H,7-8,11-13H2. The predicted octanol–water partition coefficient (Wildman–Crippen LogP) is 2.53. The van der Waals surface area contributed by atoms with Gasteiger partial charge in [0.05, 0.1) is 12.5 Å². The lowest BCUT2D eigenvalue weighted by atomic mass is 9.98. The van der Waals surface area contributed by atoms with Gasteiger partial charge in [0.1, 0.15) is 0 Å². The minimum absolute atomic E-state index is 0.207. The van der Waals surface area contributed by atoms with Gasteiger partial charge in [0.2, 0.25) is 5.91 Å². The quantitative estimate of drug-likeness (QED) is 0.947. The van der Waals surface area contributed by atoms with E-state index in [4.69, 9.17) is 0 Å². The lowest BCUT2D eigenvalue weighted by Crippen LogP contribution is -2.48. The molecule has 4 nitrogen and oxygen atoms in total. The SMILES string of the molecule is O=C(Cc1ccc(-n2cccc2)cc1)N1C2CCC1CC(O)C2. The van der Waals surface area contributed by atoms with Crippen LogP contribution in [0.25, 0.3) is 5.69 Å². The van der Waals surface area contributed by atoms with E-state index < -0.39 is 0 Å². The maximum atomic E-state index is 12.7. The van der Waals surface area contributed by atoms with Gasteiger partial charge in [-0.05, 0) is 55.5 Å². The van der Waals surface area contributed by atoms with Crippen LogP contribution in [-0.4, -0.2) is 38.7 Å². The summed E-state index contributed by atoms with van der Waals surface area (Å²) in [4.78, 5) is 14.7. The fourth-order valence-corrected chi connectivity index (χ4v) is 4.11. The van der Waals surface area contributed by atoms with Gasteiger partial charge in [0.15, 0.2) is 0 Å². The smallest absolute Gasteiger partial charge is 0.227 e. The molecule has 2 aliphatic rings. The number of aliphatic hydroxyl groups is 1. The molecule has 1 aromatic carbocycles. The van der Waals surface area contributed by atoms with Crippen LogP contribution in [0.3, 0.4) is 0 Å². The van der Waals surface area contributed by atoms with Gasteiger partial charge >= 0.3 is 0 Å². The van der Waals surface area contributed by atoms with Crippen LogP contribution < -0.4 is 0 Å². The van der Waals surface area contributed by atoms with Crippen LogP contribution >= 0.6 is 0 Å². The molecule has 2 saturated heterocycles. The van der Waals surface area contributed by atoms with E-state index in [1.807, 2.05) is 41.6 Å². The first-order valence-electron chi connectivity index (χ1n) is 8.42. The number of benzene rings is 1. The topological polar surface area (TPSA) is 45.5 Å². The first-order valence-corrected chi connectivity index (χ1v) is 8.42. The van der Waals surface area contributed by atoms with Crippen LogP contribution in [0.1, 0.15) is 31.2 Å². The molecule has 2 fully saturated rings. The van der Waals surface area contributed by atoms with Crippen molar-refractivity contribution in [3.8, 4) is 5.69 Å². The van der Waals surface area contributed by atoms with E-state index in [0.29, 0.717) is 6.42 Å². The minimum atomic E-state index is -0.225. The molecule has 0 aliphatic carbocycles. The van der Waals surface area contributed by atoms with Crippen LogP contribution in [0.5, 0.6) is 0 Å². The van der Waals surface area contributed by atoms with Crippen molar-refractivity contribution >= 4 is 5.91 Å². The molecule has 2 bridgehead atoms. The molecule has 3 heterocycles. The van der Waals surface area contributed by atoms with E-state index in [1.54, 1.807) is 0 Å². The number of rotatable bonds is 3. The van der Waals surface area contributed by atoms with Crippen molar-refractivity contribution in [3.05, 3.63) is 54.4 Å². The molecule has 23 heavy (non-hydrogen) atoms. The molecule has 0 radical (unpaired) electrons. The Balaban J connectivity index is 1.45. The van der Waals surface area contributed by atoms with Crippen molar-refractivity contribution < 1.29 is 9.90 Å². The van der Waals surface area contributed by atoms with Crippen molar-refractivity contribution in [1.82, 2.24) is 9.47 Å². The van der Waals surface area contributed by atoms with E-state index in [9.17, 15) is 9.90 Å². The Morgan fingerprint density at radius 1 is 1.04 bits per heavy atom. The number of carbonyl (C=O) groups excluding carboxylic acids is 1. The van der Waals surface area contributed by atoms with Gasteiger partial charge in [-0.2, -0.15) is 0 Å². The van der Waals surface area contributed by atoms with Crippen molar-refractivity contribution in [3.63, 3.8) is 0 Å². The van der Waals surface area contributed by atoms with Gasteiger partial charge in [-0.15, -0.1) is 0 Å². The van der Waals surface area contributed by atoms with Crippen molar-refractivity contribution in [2.45, 2.75) is 50.3 Å². The number of hydrogen-bond acceptors (Lipinski definition) is 2. The van der Waals surface area contributed by atoms with Crippen LogP contribution in [0.2, 0.25) is 0 Å². The Labute approximate surface area is 136 Å². The maximum absolute atomic E-state index is 12.7. The summed E-state index contributed by atoms with van der Waals surface area (Å²) in [5.74, 6) is 0.207. The first-order chi connectivity index (χ1) is 11.2. The van der Waals surface area contributed by atoms with E-state index in [-0.39, 0.29) is 24.1 Å². The Hall–Kier alpha value is -2.07. The summed E-state index contributed by atoms with van der Waals surface area (Å²) in [7, 11) is 0. The molecule has 2 aliphatic heterocycles. The van der Waals surface area contributed by atoms with E-state index in [0.717, 1.165) is 36.9 Å². The highest BCUT2D eigenvalue weighted by atomic mass is 16.3. The molecular weight excluding hydrogens is 288 g/mol. The van der Waals surface area contributed by atoms with Crippen LogP contribution in [-0.2, 0) is 11.2 Å². The number of fused-ring (bicyclic) bond motifs is 2. The molecule has 4 heteroatoms. The average Bonchev–Trinajstić information content (AvgIpc) is 3.15. The number of amides is 1. The monoisotopic (exact) mass is 310 g/mol. The molecule has 4 rings (SSSR count). The van der Waals surface area contributed by atoms with E-state index in [1.165, 1.54) is 0 Å². The molecule has 120 valence electrons. The summed E-state index contributed by atoms with van der Waals surface area (Å²) in [6.07, 6.45) is 7.82. The number of aliphatic hydroxyl groups excluding tert-OH is 1. The number of piperidine rings is 1. The summed E-state index contributed by atoms with van der Waals surface area (Å²) in [5, 5.41) is 9.86. The van der Waals surface area contributed by atoms with Gasteiger partial charge in [0.25, 0.3) is 0 Å². The van der Waals surface area contributed by atoms with Crippen LogP contribution in [0.15, 0.2) is 48.8 Å². The number of carbonyl (C=O) groups is 1. The minimum Gasteiger partial charge on any atom is -0.393 e. The Morgan fingerprint density at radius 2 is 1.65 bits per heavy atom. The number of aromatic nitrogens is 1. The molecule has 0 spiro atoms. The molecule has 0 saturated carbocycles.